The number of nitrogens with one attached hydrogen (secondary N) is 1. The Morgan fingerprint density at radius 3 is 2.33 bits per heavy atom. The molecule has 0 aliphatic heterocycles. The van der Waals surface area contributed by atoms with Gasteiger partial charge in [-0.3, -0.25) is 0 Å². The lowest BCUT2D eigenvalue weighted by Gasteiger charge is -2.05. The molecule has 2 aromatic carbocycles. The number of hydrogen-bond donors (Lipinski definition) is 1. The van der Waals surface area contributed by atoms with Crippen LogP contribution in [-0.2, 0) is 0 Å². The van der Waals surface area contributed by atoms with E-state index in [1.165, 1.54) is 12.1 Å². The van der Waals surface area contributed by atoms with Crippen LogP contribution < -0.4 is 5.32 Å². The van der Waals surface area contributed by atoms with Crippen LogP contribution in [0.3, 0.4) is 0 Å². The van der Waals surface area contributed by atoms with Gasteiger partial charge in [-0.1, -0.05) is 22.0 Å². The number of hydrogen-bond acceptors (Lipinski definition) is 1. The fourth-order valence-corrected chi connectivity index (χ4v) is 1.53. The Morgan fingerprint density at radius 2 is 1.67 bits per heavy atom. The highest BCUT2D eigenvalue weighted by Gasteiger charge is 1.95. The maximum atomic E-state index is 12.9. The van der Waals surface area contributed by atoms with E-state index in [4.69, 9.17) is 0 Å². The monoisotopic (exact) mass is 265 g/mol. The molecule has 0 fully saturated rings. The van der Waals surface area contributed by atoms with Gasteiger partial charge >= 0.3 is 0 Å². The Morgan fingerprint density at radius 1 is 0.933 bits per heavy atom. The first-order valence-electron chi connectivity index (χ1n) is 4.52. The lowest BCUT2D eigenvalue weighted by Crippen LogP contribution is -1.89. The van der Waals surface area contributed by atoms with Gasteiger partial charge in [0.15, 0.2) is 0 Å². The van der Waals surface area contributed by atoms with Crippen molar-refractivity contribution in [1.82, 2.24) is 0 Å². The van der Waals surface area contributed by atoms with Crippen LogP contribution in [0.4, 0.5) is 15.8 Å². The quantitative estimate of drug-likeness (QED) is 0.852. The summed E-state index contributed by atoms with van der Waals surface area (Å²) in [6.45, 7) is 0. The molecule has 0 radical (unpaired) electrons. The van der Waals surface area contributed by atoms with Gasteiger partial charge in [0.05, 0.1) is 0 Å². The lowest BCUT2D eigenvalue weighted by molar-refractivity contribution is 0.628. The van der Waals surface area contributed by atoms with Crippen molar-refractivity contribution in [2.75, 3.05) is 5.32 Å². The van der Waals surface area contributed by atoms with Crippen LogP contribution in [0.2, 0.25) is 0 Å². The van der Waals surface area contributed by atoms with Gasteiger partial charge in [-0.05, 0) is 42.5 Å². The van der Waals surface area contributed by atoms with Gasteiger partial charge in [0.2, 0.25) is 0 Å². The van der Waals surface area contributed by atoms with Gasteiger partial charge < -0.3 is 5.32 Å². The highest BCUT2D eigenvalue weighted by molar-refractivity contribution is 9.10. The first kappa shape index (κ1) is 10.2. The van der Waals surface area contributed by atoms with E-state index in [1.807, 2.05) is 30.3 Å². The topological polar surface area (TPSA) is 12.0 Å². The van der Waals surface area contributed by atoms with E-state index < -0.39 is 0 Å². The highest BCUT2D eigenvalue weighted by atomic mass is 79.9. The minimum Gasteiger partial charge on any atom is -0.355 e. The zero-order valence-corrected chi connectivity index (χ0v) is 9.46. The number of halogens is 2. The molecule has 0 saturated heterocycles. The molecule has 0 aromatic heterocycles. The fraction of sp³-hybridized carbons (Fsp3) is 0. The van der Waals surface area contributed by atoms with Crippen LogP contribution >= 0.6 is 15.9 Å². The minimum absolute atomic E-state index is 0.239. The average Bonchev–Trinajstić information content (AvgIpc) is 2.22. The van der Waals surface area contributed by atoms with Crippen LogP contribution in [0.15, 0.2) is 53.0 Å². The summed E-state index contributed by atoms with van der Waals surface area (Å²) >= 11 is 3.35. The molecule has 0 unspecified atom stereocenters. The van der Waals surface area contributed by atoms with Crippen molar-refractivity contribution in [2.24, 2.45) is 0 Å². The molecule has 1 nitrogen and oxygen atoms in total. The van der Waals surface area contributed by atoms with Crippen LogP contribution in [0.5, 0.6) is 0 Å². The number of benzene rings is 2. The molecule has 2 aromatic rings. The van der Waals surface area contributed by atoms with Crippen molar-refractivity contribution in [2.45, 2.75) is 0 Å². The highest BCUT2D eigenvalue weighted by Crippen LogP contribution is 2.19. The molecular weight excluding hydrogens is 257 g/mol. The molecule has 0 saturated carbocycles. The molecule has 0 spiro atoms. The SMILES string of the molecule is Fc1cccc(Nc2ccc(Br)cc2)c1. The fourth-order valence-electron chi connectivity index (χ4n) is 1.27. The Bertz CT molecular complexity index is 453. The maximum Gasteiger partial charge on any atom is 0.125 e. The van der Waals surface area contributed by atoms with E-state index in [2.05, 4.69) is 21.2 Å². The minimum atomic E-state index is -0.239. The summed E-state index contributed by atoms with van der Waals surface area (Å²) in [7, 11) is 0. The van der Waals surface area contributed by atoms with Crippen molar-refractivity contribution in [3.63, 3.8) is 0 Å². The van der Waals surface area contributed by atoms with Gasteiger partial charge in [-0.25, -0.2) is 4.39 Å². The van der Waals surface area contributed by atoms with Gasteiger partial charge in [-0.2, -0.15) is 0 Å². The predicted octanol–water partition coefficient (Wildman–Crippen LogP) is 4.33. The summed E-state index contributed by atoms with van der Waals surface area (Å²) in [4.78, 5) is 0. The van der Waals surface area contributed by atoms with Crippen molar-refractivity contribution in [1.29, 1.82) is 0 Å². The molecule has 0 aliphatic carbocycles. The second-order valence-corrected chi connectivity index (χ2v) is 4.06. The van der Waals surface area contributed by atoms with Crippen LogP contribution in [-0.4, -0.2) is 0 Å². The Labute approximate surface area is 96.1 Å². The molecule has 2 rings (SSSR count). The Kier molecular flexibility index (Phi) is 3.02. The zero-order chi connectivity index (χ0) is 10.7. The standard InChI is InChI=1S/C12H9BrFN/c13-9-4-6-11(7-5-9)15-12-3-1-2-10(14)8-12/h1-8,15H. The first-order valence-corrected chi connectivity index (χ1v) is 5.31. The predicted molar refractivity (Wildman–Crippen MR) is 63.8 cm³/mol. The molecule has 76 valence electrons. The second-order valence-electron chi connectivity index (χ2n) is 3.14. The smallest absolute Gasteiger partial charge is 0.125 e. The molecular formula is C12H9BrFN. The van der Waals surface area contributed by atoms with Crippen LogP contribution in [0.1, 0.15) is 0 Å². The van der Waals surface area contributed by atoms with E-state index in [1.54, 1.807) is 6.07 Å². The molecule has 0 aliphatic rings. The van der Waals surface area contributed by atoms with E-state index in [9.17, 15) is 4.39 Å². The summed E-state index contributed by atoms with van der Waals surface area (Å²) in [6, 6.07) is 14.1. The third-order valence-corrected chi connectivity index (χ3v) is 2.49. The van der Waals surface area contributed by atoms with Gasteiger partial charge in [-0.15, -0.1) is 0 Å². The van der Waals surface area contributed by atoms with Crippen molar-refractivity contribution in [3.8, 4) is 0 Å². The normalized spacial score (nSPS) is 10.0. The molecule has 1 N–H and O–H groups in total. The summed E-state index contributed by atoms with van der Waals surface area (Å²) in [5.74, 6) is -0.239. The molecule has 3 heteroatoms. The zero-order valence-electron chi connectivity index (χ0n) is 7.87. The molecule has 0 bridgehead atoms. The Balaban J connectivity index is 2.18. The lowest BCUT2D eigenvalue weighted by atomic mass is 10.2. The molecule has 0 heterocycles. The Hall–Kier alpha value is -1.35. The summed E-state index contributed by atoms with van der Waals surface area (Å²) in [6.07, 6.45) is 0. The van der Waals surface area contributed by atoms with Gasteiger partial charge in [0.25, 0.3) is 0 Å². The van der Waals surface area contributed by atoms with Gasteiger partial charge in [0, 0.05) is 15.8 Å². The number of rotatable bonds is 2. The maximum absolute atomic E-state index is 12.9. The van der Waals surface area contributed by atoms with Crippen LogP contribution in [0.25, 0.3) is 0 Å². The van der Waals surface area contributed by atoms with E-state index >= 15 is 0 Å². The molecule has 0 atom stereocenters. The molecule has 0 amide bonds. The third kappa shape index (κ3) is 2.80. The summed E-state index contributed by atoms with van der Waals surface area (Å²) < 4.78 is 13.9. The summed E-state index contributed by atoms with van der Waals surface area (Å²) in [5.41, 5.74) is 1.68. The van der Waals surface area contributed by atoms with Gasteiger partial charge in [0.1, 0.15) is 5.82 Å². The first-order chi connectivity index (χ1) is 7.24. The average molecular weight is 266 g/mol. The third-order valence-electron chi connectivity index (χ3n) is 1.96. The van der Waals surface area contributed by atoms with Crippen molar-refractivity contribution < 1.29 is 4.39 Å². The van der Waals surface area contributed by atoms with Crippen molar-refractivity contribution in [3.05, 3.63) is 58.8 Å². The van der Waals surface area contributed by atoms with E-state index in [0.717, 1.165) is 15.8 Å². The van der Waals surface area contributed by atoms with Crippen LogP contribution in [0, 0.1) is 5.82 Å². The molecule has 15 heavy (non-hydrogen) atoms. The number of anilines is 2. The van der Waals surface area contributed by atoms with E-state index in [-0.39, 0.29) is 5.82 Å². The second kappa shape index (κ2) is 4.45. The van der Waals surface area contributed by atoms with Crippen molar-refractivity contribution >= 4 is 27.3 Å². The van der Waals surface area contributed by atoms with E-state index in [0.29, 0.717) is 0 Å². The largest absolute Gasteiger partial charge is 0.355 e. The summed E-state index contributed by atoms with van der Waals surface area (Å²) in [5, 5.41) is 3.11.